The summed E-state index contributed by atoms with van der Waals surface area (Å²) in [5.74, 6) is 0. The maximum atomic E-state index is 11.9. The van der Waals surface area contributed by atoms with E-state index in [2.05, 4.69) is 0 Å². The van der Waals surface area contributed by atoms with Gasteiger partial charge in [-0.25, -0.2) is 0 Å². The van der Waals surface area contributed by atoms with Gasteiger partial charge in [0.2, 0.25) is 5.43 Å². The third-order valence-electron chi connectivity index (χ3n) is 2.60. The number of nitrogens with zero attached hydrogens (tertiary/aromatic N) is 1. The second-order valence-electron chi connectivity index (χ2n) is 4.36. The lowest BCUT2D eigenvalue weighted by atomic mass is 9.97. The van der Waals surface area contributed by atoms with Crippen molar-refractivity contribution >= 4 is 11.0 Å². The Balaban J connectivity index is 2.81. The summed E-state index contributed by atoms with van der Waals surface area (Å²) in [6.45, 7) is 3.26. The van der Waals surface area contributed by atoms with E-state index in [1.54, 1.807) is 38.1 Å². The maximum absolute atomic E-state index is 11.9. The van der Waals surface area contributed by atoms with Gasteiger partial charge in [-0.15, -0.1) is 0 Å². The van der Waals surface area contributed by atoms with Crippen molar-refractivity contribution in [1.82, 2.24) is 0 Å². The van der Waals surface area contributed by atoms with Gasteiger partial charge >= 0.3 is 0 Å². The van der Waals surface area contributed by atoms with Crippen LogP contribution in [-0.2, 0) is 5.60 Å². The van der Waals surface area contributed by atoms with Crippen molar-refractivity contribution in [1.29, 1.82) is 5.26 Å². The average Bonchev–Trinajstić information content (AvgIpc) is 2.28. The lowest BCUT2D eigenvalue weighted by Gasteiger charge is -2.17. The molecule has 0 unspecified atom stereocenters. The van der Waals surface area contributed by atoms with Crippen LogP contribution < -0.4 is 5.43 Å². The van der Waals surface area contributed by atoms with Crippen LogP contribution in [0.5, 0.6) is 0 Å². The summed E-state index contributed by atoms with van der Waals surface area (Å²) in [5.41, 5.74) is -0.442. The van der Waals surface area contributed by atoms with Crippen molar-refractivity contribution in [2.45, 2.75) is 19.4 Å². The molecule has 1 aromatic carbocycles. The Hall–Kier alpha value is -2.12. The van der Waals surface area contributed by atoms with E-state index >= 15 is 0 Å². The zero-order valence-corrected chi connectivity index (χ0v) is 9.52. The lowest BCUT2D eigenvalue weighted by Crippen LogP contribution is -2.16. The fourth-order valence-electron chi connectivity index (χ4n) is 1.59. The Morgan fingerprint density at radius 3 is 2.71 bits per heavy atom. The Kier molecular flexibility index (Phi) is 2.49. The van der Waals surface area contributed by atoms with Gasteiger partial charge in [0.15, 0.2) is 0 Å². The zero-order chi connectivity index (χ0) is 12.6. The van der Waals surface area contributed by atoms with Gasteiger partial charge < -0.3 is 9.52 Å². The molecule has 0 aliphatic heterocycles. The highest BCUT2D eigenvalue weighted by atomic mass is 16.3. The quantitative estimate of drug-likeness (QED) is 0.810. The Bertz CT molecular complexity index is 672. The summed E-state index contributed by atoms with van der Waals surface area (Å²) >= 11 is 0. The minimum atomic E-state index is -1.04. The third-order valence-corrected chi connectivity index (χ3v) is 2.60. The van der Waals surface area contributed by atoms with Crippen LogP contribution >= 0.6 is 0 Å². The summed E-state index contributed by atoms with van der Waals surface area (Å²) in [6.07, 6.45) is 1.15. The number of benzene rings is 1. The van der Waals surface area contributed by atoms with Crippen LogP contribution in [0.4, 0.5) is 0 Å². The molecule has 0 radical (unpaired) electrons. The predicted molar refractivity (Wildman–Crippen MR) is 62.4 cm³/mol. The maximum Gasteiger partial charge on any atom is 0.210 e. The van der Waals surface area contributed by atoms with Gasteiger partial charge in [-0.1, -0.05) is 6.07 Å². The van der Waals surface area contributed by atoms with E-state index in [1.165, 1.54) is 0 Å². The highest BCUT2D eigenvalue weighted by molar-refractivity contribution is 5.78. The molecule has 86 valence electrons. The first kappa shape index (κ1) is 11.4. The molecule has 1 aromatic heterocycles. The summed E-state index contributed by atoms with van der Waals surface area (Å²) < 4.78 is 5.18. The molecule has 0 saturated heterocycles. The molecule has 17 heavy (non-hydrogen) atoms. The van der Waals surface area contributed by atoms with Crippen LogP contribution in [0.15, 0.2) is 33.7 Å². The minimum absolute atomic E-state index is 0.0367. The van der Waals surface area contributed by atoms with Gasteiger partial charge in [0, 0.05) is 0 Å². The van der Waals surface area contributed by atoms with Gasteiger partial charge in [0.25, 0.3) is 0 Å². The van der Waals surface area contributed by atoms with Crippen LogP contribution in [-0.4, -0.2) is 5.11 Å². The number of hydrogen-bond acceptors (Lipinski definition) is 4. The highest BCUT2D eigenvalue weighted by Gasteiger charge is 2.17. The molecule has 4 nitrogen and oxygen atoms in total. The molecule has 0 fully saturated rings. The standard InChI is InChI=1S/C13H11NO3/c1-13(2,16)9-3-4-11-10(5-9)12(15)8(6-14)7-17-11/h3-5,7,16H,1-2H3. The smallest absolute Gasteiger partial charge is 0.210 e. The molecule has 2 rings (SSSR count). The molecule has 1 N–H and O–H groups in total. The Morgan fingerprint density at radius 1 is 1.41 bits per heavy atom. The number of rotatable bonds is 1. The first-order valence-electron chi connectivity index (χ1n) is 5.12. The minimum Gasteiger partial charge on any atom is -0.463 e. The third kappa shape index (κ3) is 1.93. The van der Waals surface area contributed by atoms with Crippen LogP contribution in [0.3, 0.4) is 0 Å². The molecular weight excluding hydrogens is 218 g/mol. The first-order valence-corrected chi connectivity index (χ1v) is 5.12. The fraction of sp³-hybridized carbons (Fsp3) is 0.231. The van der Waals surface area contributed by atoms with Gasteiger partial charge in [-0.3, -0.25) is 4.79 Å². The van der Waals surface area contributed by atoms with Crippen molar-refractivity contribution < 1.29 is 9.52 Å². The van der Waals surface area contributed by atoms with Crippen LogP contribution in [0.1, 0.15) is 25.0 Å². The highest BCUT2D eigenvalue weighted by Crippen LogP contribution is 2.23. The number of nitriles is 1. The first-order chi connectivity index (χ1) is 7.93. The van der Waals surface area contributed by atoms with Gasteiger partial charge in [-0.2, -0.15) is 5.26 Å². The summed E-state index contributed by atoms with van der Waals surface area (Å²) in [7, 11) is 0. The van der Waals surface area contributed by atoms with E-state index < -0.39 is 5.60 Å². The number of hydrogen-bond donors (Lipinski definition) is 1. The predicted octanol–water partition coefficient (Wildman–Crippen LogP) is 1.89. The van der Waals surface area contributed by atoms with E-state index in [1.807, 2.05) is 0 Å². The van der Waals surface area contributed by atoms with Crippen molar-refractivity contribution in [3.8, 4) is 6.07 Å². The van der Waals surface area contributed by atoms with E-state index in [9.17, 15) is 9.90 Å². The summed E-state index contributed by atoms with van der Waals surface area (Å²) in [5, 5.41) is 18.9. The molecule has 0 saturated carbocycles. The van der Waals surface area contributed by atoms with E-state index in [4.69, 9.17) is 9.68 Å². The number of aliphatic hydroxyl groups is 1. The molecular formula is C13H11NO3. The molecule has 2 aromatic rings. The molecule has 0 atom stereocenters. The van der Waals surface area contributed by atoms with Crippen molar-refractivity contribution in [3.63, 3.8) is 0 Å². The summed E-state index contributed by atoms with van der Waals surface area (Å²) in [4.78, 5) is 11.9. The second kappa shape index (κ2) is 3.72. The molecule has 0 spiro atoms. The van der Waals surface area contributed by atoms with E-state index in [-0.39, 0.29) is 11.0 Å². The molecule has 1 heterocycles. The monoisotopic (exact) mass is 229 g/mol. The molecule has 0 aliphatic carbocycles. The largest absolute Gasteiger partial charge is 0.463 e. The van der Waals surface area contributed by atoms with Crippen LogP contribution in [0, 0.1) is 11.3 Å². The molecule has 0 aliphatic rings. The zero-order valence-electron chi connectivity index (χ0n) is 9.52. The van der Waals surface area contributed by atoms with Crippen LogP contribution in [0.2, 0.25) is 0 Å². The van der Waals surface area contributed by atoms with Gasteiger partial charge in [0.1, 0.15) is 23.5 Å². The van der Waals surface area contributed by atoms with Crippen molar-refractivity contribution in [2.24, 2.45) is 0 Å². The van der Waals surface area contributed by atoms with E-state index in [0.717, 1.165) is 6.26 Å². The fourth-order valence-corrected chi connectivity index (χ4v) is 1.59. The molecule has 0 amide bonds. The van der Waals surface area contributed by atoms with Crippen LogP contribution in [0.25, 0.3) is 11.0 Å². The second-order valence-corrected chi connectivity index (χ2v) is 4.36. The van der Waals surface area contributed by atoms with E-state index in [0.29, 0.717) is 16.5 Å². The summed E-state index contributed by atoms with van der Waals surface area (Å²) in [6, 6.07) is 6.64. The SMILES string of the molecule is CC(C)(O)c1ccc2occ(C#N)c(=O)c2c1. The normalized spacial score (nSPS) is 11.4. The lowest BCUT2D eigenvalue weighted by molar-refractivity contribution is 0.0787. The molecule has 4 heteroatoms. The van der Waals surface area contributed by atoms with Gasteiger partial charge in [0.05, 0.1) is 11.0 Å². The van der Waals surface area contributed by atoms with Crippen molar-refractivity contribution in [2.75, 3.05) is 0 Å². The molecule has 0 bridgehead atoms. The van der Waals surface area contributed by atoms with Crippen molar-refractivity contribution in [3.05, 3.63) is 45.8 Å². The van der Waals surface area contributed by atoms with Gasteiger partial charge in [-0.05, 0) is 31.5 Å². The Labute approximate surface area is 97.7 Å². The topological polar surface area (TPSA) is 74.2 Å². The average molecular weight is 229 g/mol. The number of fused-ring (bicyclic) bond motifs is 1. The Morgan fingerprint density at radius 2 is 2.12 bits per heavy atom.